The van der Waals surface area contributed by atoms with E-state index >= 15 is 0 Å². The molecule has 0 unspecified atom stereocenters. The van der Waals surface area contributed by atoms with Crippen molar-refractivity contribution in [3.8, 4) is 0 Å². The number of thioether (sulfide) groups is 1. The van der Waals surface area contributed by atoms with Crippen LogP contribution in [0.1, 0.15) is 46.8 Å². The number of aryl methyl sites for hydroxylation is 2. The first-order valence-corrected chi connectivity index (χ1v) is 11.7. The Hall–Kier alpha value is -1.81. The fourth-order valence-electron chi connectivity index (χ4n) is 4.21. The number of carbonyl (C=O) groups is 1. The number of aromatic amines is 1. The number of hydrogen-bond donors (Lipinski definition) is 2. The molecule has 2 aliphatic heterocycles. The highest BCUT2D eigenvalue weighted by Gasteiger charge is 2.43. The van der Waals surface area contributed by atoms with Crippen molar-refractivity contribution < 1.29 is 13.2 Å². The van der Waals surface area contributed by atoms with Crippen LogP contribution < -0.4 is 5.32 Å². The normalized spacial score (nSPS) is 27.3. The number of hydrogen-bond acceptors (Lipinski definition) is 6. The predicted octanol–water partition coefficient (Wildman–Crippen LogP) is 1.84. The minimum absolute atomic E-state index is 0.0770. The molecular formula is C17H23N5O3S2. The van der Waals surface area contributed by atoms with Gasteiger partial charge in [-0.3, -0.25) is 14.6 Å². The zero-order valence-electron chi connectivity index (χ0n) is 15.8. The van der Waals surface area contributed by atoms with Gasteiger partial charge in [-0.2, -0.15) is 10.2 Å². The molecule has 2 atom stereocenters. The topological polar surface area (TPSA) is 110 Å². The standard InChI is InChI=1S/C17H23N5O3S2/c1-9-14-15(26-7-12(23)18-16(14)20-19-9)13-10(2)21-22(11(13)3)17(4)5-6-27(24,25)8-17/h15H,5-8H2,1-4H3,(H2,18,19,20,23)/t15-,17+/m0/s1. The molecule has 27 heavy (non-hydrogen) atoms. The molecule has 0 spiro atoms. The molecule has 0 saturated carbocycles. The van der Waals surface area contributed by atoms with Crippen molar-refractivity contribution in [1.82, 2.24) is 20.0 Å². The summed E-state index contributed by atoms with van der Waals surface area (Å²) in [4.78, 5) is 12.1. The van der Waals surface area contributed by atoms with Crippen molar-refractivity contribution in [3.05, 3.63) is 28.2 Å². The number of H-pyrrole nitrogens is 1. The Bertz CT molecular complexity index is 1040. The Labute approximate surface area is 162 Å². The number of carbonyl (C=O) groups excluding carboxylic acids is 1. The molecule has 0 aliphatic carbocycles. The van der Waals surface area contributed by atoms with Gasteiger partial charge in [0.1, 0.15) is 0 Å². The summed E-state index contributed by atoms with van der Waals surface area (Å²) in [5.74, 6) is 1.12. The number of anilines is 1. The number of rotatable bonds is 2. The van der Waals surface area contributed by atoms with Gasteiger partial charge in [0.15, 0.2) is 15.7 Å². The van der Waals surface area contributed by atoms with Crippen LogP contribution in [0, 0.1) is 20.8 Å². The van der Waals surface area contributed by atoms with Gasteiger partial charge in [-0.15, -0.1) is 11.8 Å². The molecular weight excluding hydrogens is 386 g/mol. The van der Waals surface area contributed by atoms with Crippen LogP contribution >= 0.6 is 11.8 Å². The number of nitrogens with one attached hydrogen (secondary N) is 2. The first-order valence-electron chi connectivity index (χ1n) is 8.85. The van der Waals surface area contributed by atoms with Crippen molar-refractivity contribution in [2.24, 2.45) is 0 Å². The molecule has 8 nitrogen and oxygen atoms in total. The Morgan fingerprint density at radius 3 is 2.67 bits per heavy atom. The van der Waals surface area contributed by atoms with E-state index in [-0.39, 0.29) is 22.7 Å². The minimum atomic E-state index is -3.04. The summed E-state index contributed by atoms with van der Waals surface area (Å²) < 4.78 is 26.0. The van der Waals surface area contributed by atoms with Crippen molar-refractivity contribution >= 4 is 33.3 Å². The van der Waals surface area contributed by atoms with E-state index in [1.165, 1.54) is 0 Å². The number of nitrogens with zero attached hydrogens (tertiary/aromatic N) is 3. The van der Waals surface area contributed by atoms with Gasteiger partial charge >= 0.3 is 0 Å². The average molecular weight is 410 g/mol. The maximum Gasteiger partial charge on any atom is 0.235 e. The number of amides is 1. The maximum atomic E-state index is 12.1. The quantitative estimate of drug-likeness (QED) is 0.783. The SMILES string of the molecule is Cc1nn([C@]2(C)CCS(=O)(=O)C2)c(C)c1[C@@H]1SCC(=O)Nc2n[nH]c(C)c21. The number of aromatic nitrogens is 4. The molecule has 2 aromatic heterocycles. The maximum absolute atomic E-state index is 12.1. The third-order valence-electron chi connectivity index (χ3n) is 5.50. The molecule has 0 bridgehead atoms. The molecule has 1 fully saturated rings. The highest BCUT2D eigenvalue weighted by Crippen LogP contribution is 2.45. The van der Waals surface area contributed by atoms with E-state index in [0.29, 0.717) is 18.0 Å². The van der Waals surface area contributed by atoms with Gasteiger partial charge in [0.25, 0.3) is 0 Å². The Morgan fingerprint density at radius 2 is 2.00 bits per heavy atom. The summed E-state index contributed by atoms with van der Waals surface area (Å²) in [6, 6.07) is 0. The van der Waals surface area contributed by atoms with Crippen LogP contribution in [0.3, 0.4) is 0 Å². The second kappa shape index (κ2) is 6.10. The van der Waals surface area contributed by atoms with Crippen molar-refractivity contribution in [2.75, 3.05) is 22.6 Å². The Morgan fingerprint density at radius 1 is 1.26 bits per heavy atom. The molecule has 4 heterocycles. The molecule has 146 valence electrons. The summed E-state index contributed by atoms with van der Waals surface area (Å²) in [6.45, 7) is 7.83. The Kier molecular flexibility index (Phi) is 4.19. The van der Waals surface area contributed by atoms with Gasteiger partial charge in [-0.05, 0) is 34.1 Å². The van der Waals surface area contributed by atoms with Gasteiger partial charge in [0, 0.05) is 22.5 Å². The van der Waals surface area contributed by atoms with Crippen LogP contribution in [0.25, 0.3) is 0 Å². The fourth-order valence-corrected chi connectivity index (χ4v) is 7.67. The van der Waals surface area contributed by atoms with Crippen molar-refractivity contribution in [3.63, 3.8) is 0 Å². The van der Waals surface area contributed by atoms with Crippen LogP contribution in [-0.4, -0.2) is 51.6 Å². The van der Waals surface area contributed by atoms with E-state index in [9.17, 15) is 13.2 Å². The largest absolute Gasteiger partial charge is 0.308 e. The van der Waals surface area contributed by atoms with Crippen molar-refractivity contribution in [1.29, 1.82) is 0 Å². The molecule has 2 N–H and O–H groups in total. The zero-order chi connectivity index (χ0) is 19.6. The van der Waals surface area contributed by atoms with E-state index in [1.54, 1.807) is 11.8 Å². The second-order valence-electron chi connectivity index (χ2n) is 7.69. The molecule has 2 aromatic rings. The monoisotopic (exact) mass is 409 g/mol. The van der Waals surface area contributed by atoms with E-state index in [2.05, 4.69) is 15.5 Å². The van der Waals surface area contributed by atoms with Crippen LogP contribution in [0.5, 0.6) is 0 Å². The van der Waals surface area contributed by atoms with Crippen LogP contribution in [-0.2, 0) is 20.2 Å². The smallest absolute Gasteiger partial charge is 0.235 e. The first-order chi connectivity index (χ1) is 12.6. The minimum Gasteiger partial charge on any atom is -0.308 e. The highest BCUT2D eigenvalue weighted by atomic mass is 32.2. The van der Waals surface area contributed by atoms with Crippen LogP contribution in [0.4, 0.5) is 5.82 Å². The lowest BCUT2D eigenvalue weighted by molar-refractivity contribution is -0.113. The molecule has 0 aromatic carbocycles. The van der Waals surface area contributed by atoms with E-state index < -0.39 is 15.4 Å². The summed E-state index contributed by atoms with van der Waals surface area (Å²) in [7, 11) is -3.04. The van der Waals surface area contributed by atoms with Gasteiger partial charge in [0.2, 0.25) is 5.91 Å². The predicted molar refractivity (Wildman–Crippen MR) is 105 cm³/mol. The number of fused-ring (bicyclic) bond motifs is 1. The average Bonchev–Trinajstić information content (AvgIpc) is 3.13. The lowest BCUT2D eigenvalue weighted by Crippen LogP contribution is -2.33. The fraction of sp³-hybridized carbons (Fsp3) is 0.588. The summed E-state index contributed by atoms with van der Waals surface area (Å²) in [5.41, 5.74) is 4.17. The van der Waals surface area contributed by atoms with Gasteiger partial charge in [0.05, 0.1) is 33.7 Å². The zero-order valence-corrected chi connectivity index (χ0v) is 17.4. The lowest BCUT2D eigenvalue weighted by Gasteiger charge is -2.25. The molecule has 4 rings (SSSR count). The summed E-state index contributed by atoms with van der Waals surface area (Å²) in [6.07, 6.45) is 0.560. The van der Waals surface area contributed by atoms with Crippen LogP contribution in [0.2, 0.25) is 0 Å². The highest BCUT2D eigenvalue weighted by molar-refractivity contribution is 8.00. The summed E-state index contributed by atoms with van der Waals surface area (Å²) >= 11 is 1.55. The van der Waals surface area contributed by atoms with E-state index in [4.69, 9.17) is 5.10 Å². The third-order valence-corrected chi connectivity index (χ3v) is 8.62. The van der Waals surface area contributed by atoms with Gasteiger partial charge in [-0.1, -0.05) is 0 Å². The van der Waals surface area contributed by atoms with Gasteiger partial charge < -0.3 is 5.32 Å². The Balaban J connectivity index is 1.83. The first kappa shape index (κ1) is 18.5. The molecule has 2 aliphatic rings. The third kappa shape index (κ3) is 2.98. The van der Waals surface area contributed by atoms with Crippen molar-refractivity contribution in [2.45, 2.75) is 44.9 Å². The molecule has 0 radical (unpaired) electrons. The number of sulfone groups is 1. The summed E-state index contributed by atoms with van der Waals surface area (Å²) in [5, 5.41) is 14.7. The van der Waals surface area contributed by atoms with Gasteiger partial charge in [-0.25, -0.2) is 8.42 Å². The van der Waals surface area contributed by atoms with Crippen LogP contribution in [0.15, 0.2) is 0 Å². The molecule has 1 saturated heterocycles. The molecule has 1 amide bonds. The molecule has 10 heteroatoms. The van der Waals surface area contributed by atoms with E-state index in [1.807, 2.05) is 32.4 Å². The lowest BCUT2D eigenvalue weighted by atomic mass is 9.99. The van der Waals surface area contributed by atoms with E-state index in [0.717, 1.165) is 28.2 Å². The second-order valence-corrected chi connectivity index (χ2v) is 11.0.